The second-order valence-corrected chi connectivity index (χ2v) is 8.89. The van der Waals surface area contributed by atoms with Crippen molar-refractivity contribution in [2.75, 3.05) is 25.4 Å². The number of H-pyrrole nitrogens is 1. The van der Waals surface area contributed by atoms with Crippen molar-refractivity contribution < 1.29 is 14.7 Å². The van der Waals surface area contributed by atoms with E-state index in [0.29, 0.717) is 41.1 Å². The molecule has 0 saturated heterocycles. The van der Waals surface area contributed by atoms with E-state index in [-0.39, 0.29) is 0 Å². The molecule has 0 spiro atoms. The quantitative estimate of drug-likeness (QED) is 0.233. The van der Waals surface area contributed by atoms with Gasteiger partial charge in [0.25, 0.3) is 11.8 Å². The molecule has 8 heteroatoms. The molecule has 1 aliphatic heterocycles. The van der Waals surface area contributed by atoms with E-state index in [1.807, 2.05) is 47.2 Å². The number of nitrogens with two attached hydrogens (primary N) is 1. The maximum Gasteiger partial charge on any atom is 0.259 e. The van der Waals surface area contributed by atoms with Crippen LogP contribution in [-0.4, -0.2) is 57.1 Å². The van der Waals surface area contributed by atoms with Crippen molar-refractivity contribution >= 4 is 50.5 Å². The van der Waals surface area contributed by atoms with Crippen molar-refractivity contribution in [2.24, 2.45) is 0 Å². The maximum absolute atomic E-state index is 13.1. The number of nitrogen functional groups attached to an aromatic ring is 1. The Labute approximate surface area is 203 Å². The fraction of sp³-hybridized carbons (Fsp3) is 0.259. The number of para-hydroxylation sites is 1. The molecule has 1 unspecified atom stereocenters. The summed E-state index contributed by atoms with van der Waals surface area (Å²) >= 11 is 0. The average Bonchev–Trinajstić information content (AvgIpc) is 3.50. The first kappa shape index (κ1) is 22.9. The van der Waals surface area contributed by atoms with Crippen LogP contribution in [0.25, 0.3) is 33.0 Å². The highest BCUT2D eigenvalue weighted by molar-refractivity contribution is 6.50. The molecule has 35 heavy (non-hydrogen) atoms. The zero-order chi connectivity index (χ0) is 24.7. The van der Waals surface area contributed by atoms with Crippen LogP contribution in [0.15, 0.2) is 54.9 Å². The molecule has 0 fully saturated rings. The predicted octanol–water partition coefficient (Wildman–Crippen LogP) is 2.97. The number of amides is 2. The number of aliphatic hydroxyl groups excluding tert-OH is 1. The summed E-state index contributed by atoms with van der Waals surface area (Å²) in [6, 6.07) is 13.2. The maximum atomic E-state index is 13.1. The molecule has 0 aliphatic carbocycles. The number of aromatic nitrogens is 2. The second-order valence-electron chi connectivity index (χ2n) is 8.89. The monoisotopic (exact) mass is 471 g/mol. The van der Waals surface area contributed by atoms with Crippen LogP contribution in [0.4, 0.5) is 5.69 Å². The van der Waals surface area contributed by atoms with Crippen molar-refractivity contribution in [3.8, 4) is 0 Å². The van der Waals surface area contributed by atoms with Crippen LogP contribution in [0, 0.1) is 0 Å². The largest absolute Gasteiger partial charge is 0.399 e. The van der Waals surface area contributed by atoms with E-state index < -0.39 is 17.9 Å². The normalized spacial score (nSPS) is 15.1. The molecule has 180 valence electrons. The zero-order valence-electron chi connectivity index (χ0n) is 19.8. The standard InChI is InChI=1S/C27H29N5O3/c1-3-31(4-2)13-17(33)14-32-15-21(19-11-16(28)9-10-23(19)32)25-24(26(34)30-27(25)35)20-12-29-22-8-6-5-7-18(20)22/h5-12,15,17,29,33H,3-4,13-14,28H2,1-2H3,(H,30,34,35). The van der Waals surface area contributed by atoms with Crippen LogP contribution in [0.5, 0.6) is 0 Å². The molecule has 5 N–H and O–H groups in total. The van der Waals surface area contributed by atoms with Crippen LogP contribution in [0.3, 0.4) is 0 Å². The fourth-order valence-electron chi connectivity index (χ4n) is 4.98. The van der Waals surface area contributed by atoms with Gasteiger partial charge in [0.15, 0.2) is 0 Å². The number of rotatable bonds is 8. The lowest BCUT2D eigenvalue weighted by molar-refractivity contribution is -0.122. The molecular formula is C27H29N5O3. The molecule has 0 bridgehead atoms. The second kappa shape index (κ2) is 9.05. The van der Waals surface area contributed by atoms with Crippen LogP contribution in [-0.2, 0) is 16.1 Å². The molecule has 3 heterocycles. The fourth-order valence-corrected chi connectivity index (χ4v) is 4.98. The number of carbonyl (C=O) groups is 2. The number of carbonyl (C=O) groups excluding carboxylic acids is 2. The van der Waals surface area contributed by atoms with Gasteiger partial charge in [-0.1, -0.05) is 32.0 Å². The number of nitrogens with zero attached hydrogens (tertiary/aromatic N) is 2. The number of likely N-dealkylation sites (N-methyl/N-ethyl adjacent to an activating group) is 1. The number of aromatic amines is 1. The van der Waals surface area contributed by atoms with E-state index in [1.165, 1.54) is 0 Å². The summed E-state index contributed by atoms with van der Waals surface area (Å²) in [7, 11) is 0. The molecule has 5 rings (SSSR count). The van der Waals surface area contributed by atoms with E-state index in [9.17, 15) is 14.7 Å². The summed E-state index contributed by atoms with van der Waals surface area (Å²) in [4.78, 5) is 31.5. The summed E-state index contributed by atoms with van der Waals surface area (Å²) in [6.07, 6.45) is 3.01. The Morgan fingerprint density at radius 2 is 1.71 bits per heavy atom. The van der Waals surface area contributed by atoms with Gasteiger partial charge in [-0.05, 0) is 37.4 Å². The van der Waals surface area contributed by atoms with Crippen molar-refractivity contribution in [2.45, 2.75) is 26.5 Å². The number of hydrogen-bond donors (Lipinski definition) is 4. The van der Waals surface area contributed by atoms with Gasteiger partial charge >= 0.3 is 0 Å². The number of aliphatic hydroxyl groups is 1. The van der Waals surface area contributed by atoms with Gasteiger partial charge in [-0.25, -0.2) is 0 Å². The molecule has 1 atom stereocenters. The Bertz CT molecular complexity index is 1470. The van der Waals surface area contributed by atoms with E-state index >= 15 is 0 Å². The van der Waals surface area contributed by atoms with E-state index in [0.717, 1.165) is 34.9 Å². The topological polar surface area (TPSA) is 116 Å². The van der Waals surface area contributed by atoms with E-state index in [4.69, 9.17) is 5.73 Å². The zero-order valence-corrected chi connectivity index (χ0v) is 19.8. The Kier molecular flexibility index (Phi) is 5.92. The van der Waals surface area contributed by atoms with E-state index in [1.54, 1.807) is 12.3 Å². The van der Waals surface area contributed by atoms with Gasteiger partial charge in [0.05, 0.1) is 17.3 Å². The van der Waals surface area contributed by atoms with Gasteiger partial charge in [0, 0.05) is 64.1 Å². The Morgan fingerprint density at radius 3 is 2.46 bits per heavy atom. The number of imide groups is 1. The third-order valence-electron chi connectivity index (χ3n) is 6.74. The molecule has 2 amide bonds. The van der Waals surface area contributed by atoms with Crippen LogP contribution in [0.2, 0.25) is 0 Å². The van der Waals surface area contributed by atoms with Crippen molar-refractivity contribution in [3.05, 3.63) is 66.0 Å². The number of fused-ring (bicyclic) bond motifs is 2. The lowest BCUT2D eigenvalue weighted by Crippen LogP contribution is -2.34. The Morgan fingerprint density at radius 1 is 1.00 bits per heavy atom. The van der Waals surface area contributed by atoms with Crippen LogP contribution in [0.1, 0.15) is 25.0 Å². The van der Waals surface area contributed by atoms with Gasteiger partial charge in [-0.15, -0.1) is 0 Å². The summed E-state index contributed by atoms with van der Waals surface area (Å²) in [5.41, 5.74) is 10.3. The number of hydrogen-bond acceptors (Lipinski definition) is 5. The highest BCUT2D eigenvalue weighted by Crippen LogP contribution is 2.38. The number of anilines is 1. The minimum atomic E-state index is -0.600. The number of nitrogens with one attached hydrogen (secondary N) is 2. The molecule has 2 aromatic heterocycles. The highest BCUT2D eigenvalue weighted by Gasteiger charge is 2.35. The molecule has 0 saturated carbocycles. The molecular weight excluding hydrogens is 442 g/mol. The van der Waals surface area contributed by atoms with Crippen molar-refractivity contribution in [1.82, 2.24) is 19.8 Å². The van der Waals surface area contributed by atoms with E-state index in [2.05, 4.69) is 29.0 Å². The van der Waals surface area contributed by atoms with Gasteiger partial charge < -0.3 is 25.3 Å². The Balaban J connectivity index is 1.67. The smallest absolute Gasteiger partial charge is 0.259 e. The summed E-state index contributed by atoms with van der Waals surface area (Å²) in [5.74, 6) is -0.874. The average molecular weight is 472 g/mol. The molecule has 2 aromatic carbocycles. The summed E-state index contributed by atoms with van der Waals surface area (Å²) in [5, 5.41) is 14.9. The lowest BCUT2D eigenvalue weighted by atomic mass is 9.95. The first-order valence-electron chi connectivity index (χ1n) is 11.9. The van der Waals surface area contributed by atoms with Crippen molar-refractivity contribution in [3.63, 3.8) is 0 Å². The van der Waals surface area contributed by atoms with Crippen LogP contribution >= 0.6 is 0 Å². The molecule has 8 nitrogen and oxygen atoms in total. The Hall–Kier alpha value is -3.88. The van der Waals surface area contributed by atoms with Crippen molar-refractivity contribution in [1.29, 1.82) is 0 Å². The lowest BCUT2D eigenvalue weighted by Gasteiger charge is -2.22. The number of benzene rings is 2. The van der Waals surface area contributed by atoms with Gasteiger partial charge in [-0.2, -0.15) is 0 Å². The SMILES string of the molecule is CCN(CC)CC(O)Cn1cc(C2=C(c3c[nH]c4ccccc34)C(=O)NC2=O)c2cc(N)ccc21. The highest BCUT2D eigenvalue weighted by atomic mass is 16.3. The molecule has 1 aliphatic rings. The van der Waals surface area contributed by atoms with Gasteiger partial charge in [0.1, 0.15) is 0 Å². The first-order chi connectivity index (χ1) is 16.9. The summed E-state index contributed by atoms with van der Waals surface area (Å²) in [6.45, 7) is 6.73. The molecule has 4 aromatic rings. The minimum absolute atomic E-state index is 0.312. The van der Waals surface area contributed by atoms with Crippen LogP contribution < -0.4 is 11.1 Å². The van der Waals surface area contributed by atoms with Gasteiger partial charge in [-0.3, -0.25) is 14.9 Å². The van der Waals surface area contributed by atoms with Gasteiger partial charge in [0.2, 0.25) is 0 Å². The first-order valence-corrected chi connectivity index (χ1v) is 11.9. The third-order valence-corrected chi connectivity index (χ3v) is 6.74. The predicted molar refractivity (Wildman–Crippen MR) is 138 cm³/mol. The summed E-state index contributed by atoms with van der Waals surface area (Å²) < 4.78 is 1.94. The third kappa shape index (κ3) is 4.00. The molecule has 0 radical (unpaired) electrons. The minimum Gasteiger partial charge on any atom is -0.399 e.